The Labute approximate surface area is 162 Å². The van der Waals surface area contributed by atoms with Crippen molar-refractivity contribution >= 4 is 38.4 Å². The molecule has 0 aliphatic rings. The van der Waals surface area contributed by atoms with Gasteiger partial charge in [0.15, 0.2) is 0 Å². The smallest absolute Gasteiger partial charge is 0.261 e. The molecule has 0 aliphatic carbocycles. The van der Waals surface area contributed by atoms with E-state index in [2.05, 4.69) is 31.2 Å². The highest BCUT2D eigenvalue weighted by Gasteiger charge is 2.08. The molecule has 0 radical (unpaired) electrons. The zero-order valence-corrected chi connectivity index (χ0v) is 15.9. The van der Waals surface area contributed by atoms with Gasteiger partial charge in [-0.05, 0) is 35.9 Å². The maximum Gasteiger partial charge on any atom is 0.261 e. The van der Waals surface area contributed by atoms with Crippen molar-refractivity contribution in [3.8, 4) is 0 Å². The van der Waals surface area contributed by atoms with Crippen LogP contribution in [0, 0.1) is 0 Å². The molecule has 2 heterocycles. The number of benzene rings is 2. The first-order valence-corrected chi connectivity index (χ1v) is 9.04. The predicted molar refractivity (Wildman–Crippen MR) is 103 cm³/mol. The molecule has 0 N–H and O–H groups in total. The zero-order valence-electron chi connectivity index (χ0n) is 13.5. The van der Waals surface area contributed by atoms with Crippen LogP contribution in [0.25, 0.3) is 10.9 Å². The highest BCUT2D eigenvalue weighted by atomic mass is 79.9. The Kier molecular flexibility index (Phi) is 4.57. The maximum atomic E-state index is 12.6. The third-order valence-electron chi connectivity index (χ3n) is 3.96. The Balaban J connectivity index is 1.57. The van der Waals surface area contributed by atoms with Gasteiger partial charge >= 0.3 is 0 Å². The number of fused-ring (bicyclic) bond motifs is 1. The van der Waals surface area contributed by atoms with Crippen molar-refractivity contribution in [2.24, 2.45) is 0 Å². The minimum Gasteiger partial charge on any atom is -0.293 e. The van der Waals surface area contributed by atoms with Crippen molar-refractivity contribution in [3.63, 3.8) is 0 Å². The summed E-state index contributed by atoms with van der Waals surface area (Å²) in [5.74, 6) is 0. The summed E-state index contributed by atoms with van der Waals surface area (Å²) in [6, 6.07) is 13.0. The van der Waals surface area contributed by atoms with Crippen LogP contribution in [0.2, 0.25) is 5.02 Å². The van der Waals surface area contributed by atoms with Crippen molar-refractivity contribution in [3.05, 3.63) is 86.1 Å². The molecule has 2 aromatic heterocycles. The van der Waals surface area contributed by atoms with Crippen molar-refractivity contribution in [1.82, 2.24) is 24.5 Å². The lowest BCUT2D eigenvalue weighted by molar-refractivity contribution is 0.648. The lowest BCUT2D eigenvalue weighted by Gasteiger charge is -2.04. The van der Waals surface area contributed by atoms with Crippen molar-refractivity contribution < 1.29 is 0 Å². The molecule has 0 fully saturated rings. The Morgan fingerprint density at radius 1 is 1.08 bits per heavy atom. The lowest BCUT2D eigenvalue weighted by atomic mass is 10.2. The lowest BCUT2D eigenvalue weighted by Crippen LogP contribution is -2.21. The molecule has 0 spiro atoms. The molecule has 2 aromatic carbocycles. The second-order valence-electron chi connectivity index (χ2n) is 5.87. The molecule has 0 atom stereocenters. The van der Waals surface area contributed by atoms with Gasteiger partial charge in [-0.1, -0.05) is 44.9 Å². The van der Waals surface area contributed by atoms with Gasteiger partial charge in [0.2, 0.25) is 0 Å². The fraction of sp³-hybridized carbons (Fsp3) is 0.111. The van der Waals surface area contributed by atoms with E-state index >= 15 is 0 Å². The summed E-state index contributed by atoms with van der Waals surface area (Å²) in [6.07, 6.45) is 3.36. The average Bonchev–Trinajstić information content (AvgIpc) is 3.07. The minimum atomic E-state index is -0.108. The zero-order chi connectivity index (χ0) is 18.1. The molecule has 0 unspecified atom stereocenters. The fourth-order valence-corrected chi connectivity index (χ4v) is 3.17. The van der Waals surface area contributed by atoms with Gasteiger partial charge in [0.25, 0.3) is 5.56 Å². The standard InChI is InChI=1S/C18H13BrClN5O/c19-13-3-6-17-16(7-13)18(26)24(11-21-17)9-15-10-25(23-22-15)8-12-1-4-14(20)5-2-12/h1-7,10-11H,8-9H2. The number of hydrogen-bond acceptors (Lipinski definition) is 4. The first-order valence-electron chi connectivity index (χ1n) is 7.87. The minimum absolute atomic E-state index is 0.108. The molecular weight excluding hydrogens is 418 g/mol. The maximum absolute atomic E-state index is 12.6. The summed E-state index contributed by atoms with van der Waals surface area (Å²) in [5.41, 5.74) is 2.32. The monoisotopic (exact) mass is 429 g/mol. The molecule has 6 nitrogen and oxygen atoms in total. The van der Waals surface area contributed by atoms with Crippen molar-refractivity contribution in [2.75, 3.05) is 0 Å². The molecule has 130 valence electrons. The van der Waals surface area contributed by atoms with Crippen LogP contribution >= 0.6 is 27.5 Å². The van der Waals surface area contributed by atoms with E-state index in [4.69, 9.17) is 11.6 Å². The van der Waals surface area contributed by atoms with Gasteiger partial charge in [-0.25, -0.2) is 9.67 Å². The summed E-state index contributed by atoms with van der Waals surface area (Å²) >= 11 is 9.29. The van der Waals surface area contributed by atoms with Crippen LogP contribution in [-0.2, 0) is 13.1 Å². The van der Waals surface area contributed by atoms with Gasteiger partial charge in [-0.3, -0.25) is 9.36 Å². The van der Waals surface area contributed by atoms with Crippen LogP contribution in [0.1, 0.15) is 11.3 Å². The summed E-state index contributed by atoms with van der Waals surface area (Å²) < 4.78 is 4.11. The van der Waals surface area contributed by atoms with E-state index in [-0.39, 0.29) is 5.56 Å². The van der Waals surface area contributed by atoms with Gasteiger partial charge in [0.1, 0.15) is 5.69 Å². The molecule has 0 amide bonds. The Morgan fingerprint density at radius 2 is 1.88 bits per heavy atom. The van der Waals surface area contributed by atoms with E-state index in [1.165, 1.54) is 10.9 Å². The largest absolute Gasteiger partial charge is 0.293 e. The van der Waals surface area contributed by atoms with E-state index in [1.54, 1.807) is 10.7 Å². The molecule has 0 aliphatic heterocycles. The average molecular weight is 431 g/mol. The van der Waals surface area contributed by atoms with E-state index in [9.17, 15) is 4.79 Å². The van der Waals surface area contributed by atoms with Crippen molar-refractivity contribution in [1.29, 1.82) is 0 Å². The highest BCUT2D eigenvalue weighted by molar-refractivity contribution is 9.10. The highest BCUT2D eigenvalue weighted by Crippen LogP contribution is 2.15. The van der Waals surface area contributed by atoms with Crippen LogP contribution in [-0.4, -0.2) is 24.5 Å². The Morgan fingerprint density at radius 3 is 2.69 bits per heavy atom. The Hall–Kier alpha value is -2.51. The molecule has 4 rings (SSSR count). The molecule has 26 heavy (non-hydrogen) atoms. The third-order valence-corrected chi connectivity index (χ3v) is 4.71. The van der Waals surface area contributed by atoms with Crippen LogP contribution in [0.3, 0.4) is 0 Å². The summed E-state index contributed by atoms with van der Waals surface area (Å²) in [5, 5.41) is 9.54. The van der Waals surface area contributed by atoms with E-state index < -0.39 is 0 Å². The van der Waals surface area contributed by atoms with Crippen LogP contribution in [0.4, 0.5) is 0 Å². The van der Waals surface area contributed by atoms with Gasteiger partial charge in [0, 0.05) is 9.50 Å². The number of halogens is 2. The van der Waals surface area contributed by atoms with Crippen LogP contribution < -0.4 is 5.56 Å². The molecule has 0 bridgehead atoms. The van der Waals surface area contributed by atoms with Crippen LogP contribution in [0.15, 0.2) is 64.3 Å². The van der Waals surface area contributed by atoms with Gasteiger partial charge in [0.05, 0.1) is 36.5 Å². The third kappa shape index (κ3) is 3.54. The summed E-state index contributed by atoms with van der Waals surface area (Å²) in [7, 11) is 0. The number of aromatic nitrogens is 5. The first kappa shape index (κ1) is 16.9. The molecule has 4 aromatic rings. The van der Waals surface area contributed by atoms with E-state index in [0.717, 1.165) is 10.0 Å². The quantitative estimate of drug-likeness (QED) is 0.497. The number of rotatable bonds is 4. The number of hydrogen-bond donors (Lipinski definition) is 0. The topological polar surface area (TPSA) is 65.6 Å². The molecule has 0 saturated heterocycles. The SMILES string of the molecule is O=c1c2cc(Br)ccc2ncn1Cc1cn(Cc2ccc(Cl)cc2)nn1. The van der Waals surface area contributed by atoms with Gasteiger partial charge in [-0.15, -0.1) is 5.10 Å². The first-order chi connectivity index (χ1) is 12.6. The van der Waals surface area contributed by atoms with E-state index in [0.29, 0.717) is 34.7 Å². The summed E-state index contributed by atoms with van der Waals surface area (Å²) in [6.45, 7) is 0.900. The summed E-state index contributed by atoms with van der Waals surface area (Å²) in [4.78, 5) is 17.0. The molecular formula is C18H13BrClN5O. The Bertz CT molecular complexity index is 1140. The van der Waals surface area contributed by atoms with E-state index in [1.807, 2.05) is 42.6 Å². The second-order valence-corrected chi connectivity index (χ2v) is 7.23. The second kappa shape index (κ2) is 7.01. The molecule has 0 saturated carbocycles. The van der Waals surface area contributed by atoms with Crippen molar-refractivity contribution in [2.45, 2.75) is 13.1 Å². The fourth-order valence-electron chi connectivity index (χ4n) is 2.68. The molecule has 8 heteroatoms. The van der Waals surface area contributed by atoms with Gasteiger partial charge in [-0.2, -0.15) is 0 Å². The predicted octanol–water partition coefficient (Wildman–Crippen LogP) is 3.50. The van der Waals surface area contributed by atoms with Gasteiger partial charge < -0.3 is 0 Å². The normalized spacial score (nSPS) is 11.2. The van der Waals surface area contributed by atoms with Crippen LogP contribution in [0.5, 0.6) is 0 Å². The number of nitrogens with zero attached hydrogens (tertiary/aromatic N) is 5.